The van der Waals surface area contributed by atoms with Gasteiger partial charge in [0.05, 0.1) is 19.8 Å². The first kappa shape index (κ1) is 21.0. The monoisotopic (exact) mass is 332 g/mol. The molecular formula is C14H24N2O7. The number of ketones is 1. The number of amides is 2. The Morgan fingerprint density at radius 1 is 1.04 bits per heavy atom. The molecule has 0 aliphatic heterocycles. The number of hydrogen-bond donors (Lipinski definition) is 3. The lowest BCUT2D eigenvalue weighted by Crippen LogP contribution is -2.42. The van der Waals surface area contributed by atoms with Crippen molar-refractivity contribution in [3.8, 4) is 0 Å². The second-order valence-electron chi connectivity index (χ2n) is 4.85. The third kappa shape index (κ3) is 13.4. The first-order chi connectivity index (χ1) is 10.8. The van der Waals surface area contributed by atoms with E-state index in [4.69, 9.17) is 14.6 Å². The predicted molar refractivity (Wildman–Crippen MR) is 79.8 cm³/mol. The fourth-order valence-electron chi connectivity index (χ4n) is 1.52. The lowest BCUT2D eigenvalue weighted by Gasteiger charge is -2.13. The first-order valence-electron chi connectivity index (χ1n) is 7.24. The van der Waals surface area contributed by atoms with Gasteiger partial charge in [0.2, 0.25) is 11.8 Å². The molecule has 0 aliphatic rings. The molecule has 0 saturated heterocycles. The van der Waals surface area contributed by atoms with Gasteiger partial charge in [-0.3, -0.25) is 9.59 Å². The predicted octanol–water partition coefficient (Wildman–Crippen LogP) is -0.906. The number of nitrogens with one attached hydrogen (secondary N) is 2. The number of aliphatic carboxylic acids is 1. The smallest absolute Gasteiger partial charge is 0.326 e. The van der Waals surface area contributed by atoms with Gasteiger partial charge in [-0.25, -0.2) is 4.79 Å². The van der Waals surface area contributed by atoms with Crippen LogP contribution >= 0.6 is 0 Å². The molecule has 0 heterocycles. The molecule has 0 aromatic rings. The molecule has 0 saturated carbocycles. The molecule has 0 aromatic heterocycles. The molecule has 132 valence electrons. The lowest BCUT2D eigenvalue weighted by molar-refractivity contribution is -0.143. The molecule has 2 amide bonds. The Balaban J connectivity index is 3.73. The number of rotatable bonds is 13. The van der Waals surface area contributed by atoms with E-state index in [1.807, 2.05) is 0 Å². The van der Waals surface area contributed by atoms with E-state index in [9.17, 15) is 19.2 Å². The highest BCUT2D eigenvalue weighted by Crippen LogP contribution is 1.99. The molecule has 0 spiro atoms. The Hall–Kier alpha value is -2.00. The fraction of sp³-hybridized carbons (Fsp3) is 0.714. The van der Waals surface area contributed by atoms with Crippen molar-refractivity contribution < 1.29 is 33.8 Å². The molecule has 0 bridgehead atoms. The van der Waals surface area contributed by atoms with Crippen LogP contribution in [0.2, 0.25) is 0 Å². The first-order valence-corrected chi connectivity index (χ1v) is 7.24. The third-order valence-corrected chi connectivity index (χ3v) is 2.64. The molecule has 23 heavy (non-hydrogen) atoms. The Kier molecular flexibility index (Phi) is 11.4. The van der Waals surface area contributed by atoms with Crippen LogP contribution in [0.1, 0.15) is 26.7 Å². The number of carboxylic acids is 1. The van der Waals surface area contributed by atoms with E-state index in [0.717, 1.165) is 0 Å². The summed E-state index contributed by atoms with van der Waals surface area (Å²) in [5.74, 6) is -2.04. The minimum absolute atomic E-state index is 0.0443. The van der Waals surface area contributed by atoms with Gasteiger partial charge in [0.25, 0.3) is 0 Å². The summed E-state index contributed by atoms with van der Waals surface area (Å²) in [5.41, 5.74) is 0. The van der Waals surface area contributed by atoms with Gasteiger partial charge in [-0.1, -0.05) is 0 Å². The van der Waals surface area contributed by atoms with E-state index >= 15 is 0 Å². The van der Waals surface area contributed by atoms with Gasteiger partial charge in [-0.2, -0.15) is 0 Å². The van der Waals surface area contributed by atoms with E-state index in [0.29, 0.717) is 13.2 Å². The topological polar surface area (TPSA) is 131 Å². The molecule has 1 atom stereocenters. The van der Waals surface area contributed by atoms with E-state index in [2.05, 4.69) is 10.6 Å². The summed E-state index contributed by atoms with van der Waals surface area (Å²) in [7, 11) is 0. The number of ether oxygens (including phenoxy) is 2. The zero-order chi connectivity index (χ0) is 17.7. The number of hydrogen-bond acceptors (Lipinski definition) is 6. The quantitative estimate of drug-likeness (QED) is 0.372. The highest BCUT2D eigenvalue weighted by atomic mass is 16.5. The van der Waals surface area contributed by atoms with Crippen molar-refractivity contribution in [1.29, 1.82) is 0 Å². The van der Waals surface area contributed by atoms with Crippen LogP contribution in [0.15, 0.2) is 0 Å². The number of Topliss-reactive ketones (excluding diaryl/α,β-unsaturated/α-hetero) is 1. The maximum Gasteiger partial charge on any atom is 0.326 e. The van der Waals surface area contributed by atoms with Gasteiger partial charge >= 0.3 is 5.97 Å². The van der Waals surface area contributed by atoms with E-state index in [1.54, 1.807) is 0 Å². The van der Waals surface area contributed by atoms with Crippen molar-refractivity contribution in [1.82, 2.24) is 10.6 Å². The Morgan fingerprint density at radius 2 is 1.70 bits per heavy atom. The SMILES string of the molecule is CC(=O)CCC(NC(=O)COCCOCCNC(C)=O)C(=O)O. The summed E-state index contributed by atoms with van der Waals surface area (Å²) in [6.45, 7) is 3.61. The number of carbonyl (C=O) groups excluding carboxylic acids is 3. The van der Waals surface area contributed by atoms with Crippen molar-refractivity contribution in [2.45, 2.75) is 32.7 Å². The minimum atomic E-state index is -1.19. The second-order valence-corrected chi connectivity index (χ2v) is 4.85. The standard InChI is InChI=1S/C14H24N2O7/c1-10(17)3-4-12(14(20)21)16-13(19)9-23-8-7-22-6-5-15-11(2)18/h12H,3-9H2,1-2H3,(H,15,18)(H,16,19)(H,20,21). The van der Waals surface area contributed by atoms with Crippen LogP contribution in [0.5, 0.6) is 0 Å². The fourth-order valence-corrected chi connectivity index (χ4v) is 1.52. The molecule has 9 nitrogen and oxygen atoms in total. The zero-order valence-electron chi connectivity index (χ0n) is 13.4. The molecule has 9 heteroatoms. The summed E-state index contributed by atoms with van der Waals surface area (Å²) >= 11 is 0. The van der Waals surface area contributed by atoms with Crippen LogP contribution in [0.3, 0.4) is 0 Å². The van der Waals surface area contributed by atoms with Crippen LogP contribution in [0.4, 0.5) is 0 Å². The van der Waals surface area contributed by atoms with E-state index < -0.39 is 17.9 Å². The van der Waals surface area contributed by atoms with Gasteiger partial charge in [0.15, 0.2) is 0 Å². The Bertz CT molecular complexity index is 412. The summed E-state index contributed by atoms with van der Waals surface area (Å²) in [4.78, 5) is 43.9. The van der Waals surface area contributed by atoms with Crippen LogP contribution in [-0.2, 0) is 28.7 Å². The molecule has 0 fully saturated rings. The average molecular weight is 332 g/mol. The summed E-state index contributed by atoms with van der Waals surface area (Å²) in [5, 5.41) is 13.8. The minimum Gasteiger partial charge on any atom is -0.480 e. The molecule has 0 aliphatic carbocycles. The average Bonchev–Trinajstić information content (AvgIpc) is 2.45. The molecule has 0 aromatic carbocycles. The van der Waals surface area contributed by atoms with Crippen molar-refractivity contribution in [2.24, 2.45) is 0 Å². The molecular weight excluding hydrogens is 308 g/mol. The highest BCUT2D eigenvalue weighted by molar-refractivity contribution is 5.85. The number of carboxylic acid groups (broad SMARTS) is 1. The van der Waals surface area contributed by atoms with Crippen molar-refractivity contribution in [3.63, 3.8) is 0 Å². The normalized spacial score (nSPS) is 11.6. The Morgan fingerprint density at radius 3 is 2.26 bits per heavy atom. The van der Waals surface area contributed by atoms with E-state index in [-0.39, 0.29) is 44.4 Å². The van der Waals surface area contributed by atoms with Gasteiger partial charge in [-0.15, -0.1) is 0 Å². The van der Waals surface area contributed by atoms with Crippen LogP contribution < -0.4 is 10.6 Å². The molecule has 1 unspecified atom stereocenters. The van der Waals surface area contributed by atoms with Gasteiger partial charge in [0, 0.05) is 19.9 Å². The largest absolute Gasteiger partial charge is 0.480 e. The zero-order valence-corrected chi connectivity index (χ0v) is 13.4. The van der Waals surface area contributed by atoms with Crippen LogP contribution in [0, 0.1) is 0 Å². The second kappa shape index (κ2) is 12.5. The summed E-state index contributed by atoms with van der Waals surface area (Å²) in [6.07, 6.45) is 0.128. The summed E-state index contributed by atoms with van der Waals surface area (Å²) in [6, 6.07) is -1.11. The van der Waals surface area contributed by atoms with Crippen molar-refractivity contribution in [3.05, 3.63) is 0 Å². The van der Waals surface area contributed by atoms with Crippen LogP contribution in [-0.4, -0.2) is 67.7 Å². The van der Waals surface area contributed by atoms with Gasteiger partial charge < -0.3 is 30.0 Å². The number of carbonyl (C=O) groups is 4. The maximum absolute atomic E-state index is 11.5. The lowest BCUT2D eigenvalue weighted by atomic mass is 10.1. The van der Waals surface area contributed by atoms with Gasteiger partial charge in [-0.05, 0) is 13.3 Å². The van der Waals surface area contributed by atoms with Crippen LogP contribution in [0.25, 0.3) is 0 Å². The van der Waals surface area contributed by atoms with Gasteiger partial charge in [0.1, 0.15) is 18.4 Å². The van der Waals surface area contributed by atoms with E-state index in [1.165, 1.54) is 13.8 Å². The third-order valence-electron chi connectivity index (χ3n) is 2.64. The molecule has 3 N–H and O–H groups in total. The highest BCUT2D eigenvalue weighted by Gasteiger charge is 2.20. The maximum atomic E-state index is 11.5. The summed E-state index contributed by atoms with van der Waals surface area (Å²) < 4.78 is 10.2. The molecule has 0 radical (unpaired) electrons. The van der Waals surface area contributed by atoms with Crippen molar-refractivity contribution >= 4 is 23.6 Å². The molecule has 0 rings (SSSR count). The van der Waals surface area contributed by atoms with Crippen molar-refractivity contribution in [2.75, 3.05) is 33.0 Å². The Labute approximate surface area is 134 Å².